The van der Waals surface area contributed by atoms with Crippen LogP contribution in [0.25, 0.3) is 0 Å². The number of aryl methyl sites for hydroxylation is 1. The van der Waals surface area contributed by atoms with Gasteiger partial charge in [-0.05, 0) is 53.4 Å². The van der Waals surface area contributed by atoms with Gasteiger partial charge in [0.2, 0.25) is 10.0 Å². The molecule has 3 nitrogen and oxygen atoms in total. The van der Waals surface area contributed by atoms with E-state index in [0.29, 0.717) is 15.3 Å². The first-order valence-electron chi connectivity index (χ1n) is 6.60. The van der Waals surface area contributed by atoms with Crippen molar-refractivity contribution >= 4 is 26.0 Å². The van der Waals surface area contributed by atoms with E-state index in [1.165, 1.54) is 0 Å². The Morgan fingerprint density at radius 2 is 1.84 bits per heavy atom. The van der Waals surface area contributed by atoms with Crippen LogP contribution in [0.5, 0.6) is 0 Å². The molecular weight excluding hydrogens is 326 g/mol. The maximum Gasteiger partial charge on any atom is 0.241 e. The molecule has 1 atom stereocenters. The molecule has 19 heavy (non-hydrogen) atoms. The minimum absolute atomic E-state index is 0.0618. The highest BCUT2D eigenvalue weighted by Crippen LogP contribution is 2.24. The molecule has 0 saturated carbocycles. The Balaban J connectivity index is 2.98. The maximum absolute atomic E-state index is 12.4. The van der Waals surface area contributed by atoms with Crippen LogP contribution in [0.2, 0.25) is 0 Å². The first-order valence-corrected chi connectivity index (χ1v) is 8.87. The standard InChI is InChI=1S/C14H22BrNO2S/c1-5-12(6-2)11(4)16-19(17,18)14-8-7-10(3)9-13(14)15/h7-9,11-12,16H,5-6H2,1-4H3. The molecule has 0 aliphatic heterocycles. The SMILES string of the molecule is CCC(CC)C(C)NS(=O)(=O)c1ccc(C)cc1Br. The van der Waals surface area contributed by atoms with Gasteiger partial charge in [0.1, 0.15) is 0 Å². The Labute approximate surface area is 125 Å². The fourth-order valence-corrected chi connectivity index (χ4v) is 4.73. The molecule has 0 aliphatic carbocycles. The van der Waals surface area contributed by atoms with Gasteiger partial charge in [-0.15, -0.1) is 0 Å². The number of hydrogen-bond donors (Lipinski definition) is 1. The summed E-state index contributed by atoms with van der Waals surface area (Å²) in [6, 6.07) is 5.20. The molecule has 0 radical (unpaired) electrons. The Bertz CT molecular complexity index is 524. The highest BCUT2D eigenvalue weighted by molar-refractivity contribution is 9.10. The van der Waals surface area contributed by atoms with E-state index in [1.54, 1.807) is 12.1 Å². The summed E-state index contributed by atoms with van der Waals surface area (Å²) in [5.41, 5.74) is 1.03. The summed E-state index contributed by atoms with van der Waals surface area (Å²) in [7, 11) is -3.47. The summed E-state index contributed by atoms with van der Waals surface area (Å²) in [6.45, 7) is 8.03. The molecular formula is C14H22BrNO2S. The van der Waals surface area contributed by atoms with Crippen molar-refractivity contribution in [1.29, 1.82) is 0 Å². The molecule has 0 aromatic heterocycles. The third-order valence-corrected chi connectivity index (χ3v) is 6.01. The summed E-state index contributed by atoms with van der Waals surface area (Å²) in [5.74, 6) is 0.360. The molecule has 0 heterocycles. The van der Waals surface area contributed by atoms with Gasteiger partial charge in [-0.2, -0.15) is 0 Å². The monoisotopic (exact) mass is 347 g/mol. The van der Waals surface area contributed by atoms with Gasteiger partial charge in [0.25, 0.3) is 0 Å². The summed E-state index contributed by atoms with van der Waals surface area (Å²) < 4.78 is 28.1. The molecule has 108 valence electrons. The predicted molar refractivity (Wildman–Crippen MR) is 82.7 cm³/mol. The highest BCUT2D eigenvalue weighted by Gasteiger charge is 2.23. The number of rotatable bonds is 6. The number of sulfonamides is 1. The van der Waals surface area contributed by atoms with Crippen molar-refractivity contribution in [2.45, 2.75) is 51.5 Å². The van der Waals surface area contributed by atoms with Crippen molar-refractivity contribution in [3.8, 4) is 0 Å². The third-order valence-electron chi connectivity index (χ3n) is 3.47. The van der Waals surface area contributed by atoms with Crippen molar-refractivity contribution in [3.63, 3.8) is 0 Å². The first-order chi connectivity index (χ1) is 8.81. The Morgan fingerprint density at radius 3 is 2.32 bits per heavy atom. The van der Waals surface area contributed by atoms with Crippen molar-refractivity contribution in [2.24, 2.45) is 5.92 Å². The first kappa shape index (κ1) is 16.7. The fraction of sp³-hybridized carbons (Fsp3) is 0.571. The van der Waals surface area contributed by atoms with Gasteiger partial charge in [-0.3, -0.25) is 0 Å². The molecule has 0 bridgehead atoms. The van der Waals surface area contributed by atoms with Crippen LogP contribution in [0.4, 0.5) is 0 Å². The molecule has 0 aliphatic rings. The smallest absolute Gasteiger partial charge is 0.208 e. The topological polar surface area (TPSA) is 46.2 Å². The number of halogens is 1. The Hall–Kier alpha value is -0.390. The van der Waals surface area contributed by atoms with Crippen molar-refractivity contribution < 1.29 is 8.42 Å². The van der Waals surface area contributed by atoms with Crippen LogP contribution in [0.3, 0.4) is 0 Å². The lowest BCUT2D eigenvalue weighted by Crippen LogP contribution is -2.37. The van der Waals surface area contributed by atoms with Crippen molar-refractivity contribution in [3.05, 3.63) is 28.2 Å². The molecule has 1 unspecified atom stereocenters. The van der Waals surface area contributed by atoms with Crippen LogP contribution < -0.4 is 4.72 Å². The maximum atomic E-state index is 12.4. The van der Waals surface area contributed by atoms with Crippen LogP contribution in [-0.2, 0) is 10.0 Å². The molecule has 5 heteroatoms. The van der Waals surface area contributed by atoms with Gasteiger partial charge in [-0.25, -0.2) is 13.1 Å². The lowest BCUT2D eigenvalue weighted by molar-refractivity contribution is 0.390. The van der Waals surface area contributed by atoms with Crippen LogP contribution >= 0.6 is 15.9 Å². The third kappa shape index (κ3) is 4.29. The van der Waals surface area contributed by atoms with E-state index in [1.807, 2.05) is 19.9 Å². The predicted octanol–water partition coefficient (Wildman–Crippen LogP) is 3.86. The van der Waals surface area contributed by atoms with E-state index in [9.17, 15) is 8.42 Å². The van der Waals surface area contributed by atoms with Gasteiger partial charge < -0.3 is 0 Å². The highest BCUT2D eigenvalue weighted by atomic mass is 79.9. The molecule has 1 N–H and O–H groups in total. The Kier molecular flexibility index (Phi) is 6.02. The minimum atomic E-state index is -3.47. The lowest BCUT2D eigenvalue weighted by atomic mass is 9.96. The van der Waals surface area contributed by atoms with Crippen LogP contribution in [-0.4, -0.2) is 14.5 Å². The molecule has 1 rings (SSSR count). The van der Waals surface area contributed by atoms with Crippen LogP contribution in [0.1, 0.15) is 39.2 Å². The summed E-state index contributed by atoms with van der Waals surface area (Å²) >= 11 is 3.32. The molecule has 0 fully saturated rings. The molecule has 0 saturated heterocycles. The van der Waals surface area contributed by atoms with Crippen molar-refractivity contribution in [2.75, 3.05) is 0 Å². The van der Waals surface area contributed by atoms with E-state index in [2.05, 4.69) is 34.5 Å². The summed E-state index contributed by atoms with van der Waals surface area (Å²) in [4.78, 5) is 0.302. The van der Waals surface area contributed by atoms with Gasteiger partial charge in [0.05, 0.1) is 4.90 Å². The van der Waals surface area contributed by atoms with E-state index < -0.39 is 10.0 Å². The normalized spacial score (nSPS) is 13.8. The quantitative estimate of drug-likeness (QED) is 0.849. The van der Waals surface area contributed by atoms with Gasteiger partial charge in [0.15, 0.2) is 0 Å². The van der Waals surface area contributed by atoms with E-state index in [4.69, 9.17) is 0 Å². The fourth-order valence-electron chi connectivity index (χ4n) is 2.22. The van der Waals surface area contributed by atoms with Crippen LogP contribution in [0.15, 0.2) is 27.6 Å². The Morgan fingerprint density at radius 1 is 1.26 bits per heavy atom. The second-order valence-electron chi connectivity index (χ2n) is 4.92. The molecule has 0 spiro atoms. The van der Waals surface area contributed by atoms with E-state index in [-0.39, 0.29) is 6.04 Å². The summed E-state index contributed by atoms with van der Waals surface area (Å²) in [5, 5.41) is 0. The minimum Gasteiger partial charge on any atom is -0.208 e. The summed E-state index contributed by atoms with van der Waals surface area (Å²) in [6.07, 6.45) is 1.94. The van der Waals surface area contributed by atoms with Gasteiger partial charge >= 0.3 is 0 Å². The molecule has 0 amide bonds. The zero-order valence-electron chi connectivity index (χ0n) is 11.9. The van der Waals surface area contributed by atoms with Gasteiger partial charge in [0, 0.05) is 10.5 Å². The second kappa shape index (κ2) is 6.86. The largest absolute Gasteiger partial charge is 0.241 e. The van der Waals surface area contributed by atoms with E-state index in [0.717, 1.165) is 18.4 Å². The van der Waals surface area contributed by atoms with Gasteiger partial charge in [-0.1, -0.05) is 32.8 Å². The lowest BCUT2D eigenvalue weighted by Gasteiger charge is -2.22. The molecule has 1 aromatic carbocycles. The van der Waals surface area contributed by atoms with E-state index >= 15 is 0 Å². The second-order valence-corrected chi connectivity index (χ2v) is 7.46. The zero-order valence-corrected chi connectivity index (χ0v) is 14.3. The van der Waals surface area contributed by atoms with Crippen LogP contribution in [0, 0.1) is 12.8 Å². The zero-order chi connectivity index (χ0) is 14.6. The number of nitrogens with one attached hydrogen (secondary N) is 1. The average Bonchev–Trinajstić information content (AvgIpc) is 2.29. The van der Waals surface area contributed by atoms with Crippen molar-refractivity contribution in [1.82, 2.24) is 4.72 Å². The number of hydrogen-bond acceptors (Lipinski definition) is 2. The average molecular weight is 348 g/mol. The molecule has 1 aromatic rings. The number of benzene rings is 1.